The maximum Gasteiger partial charge on any atom is 0.391 e. The molecule has 2 aromatic heterocycles. The lowest BCUT2D eigenvalue weighted by molar-refractivity contribution is -0.197. The first-order valence-corrected chi connectivity index (χ1v) is 6.60. The van der Waals surface area contributed by atoms with E-state index in [1.165, 1.54) is 0 Å². The Morgan fingerprint density at radius 3 is 2.50 bits per heavy atom. The zero-order chi connectivity index (χ0) is 14.5. The van der Waals surface area contributed by atoms with Crippen molar-refractivity contribution >= 4 is 22.6 Å². The maximum absolute atomic E-state index is 12.6. The summed E-state index contributed by atoms with van der Waals surface area (Å²) in [5.74, 6) is -1.47. The van der Waals surface area contributed by atoms with Gasteiger partial charge in [-0.25, -0.2) is 9.97 Å². The Morgan fingerprint density at radius 2 is 1.85 bits per heavy atom. The van der Waals surface area contributed by atoms with E-state index >= 15 is 0 Å². The van der Waals surface area contributed by atoms with Crippen LogP contribution in [-0.4, -0.2) is 21.1 Å². The molecule has 0 bridgehead atoms. The van der Waals surface area contributed by atoms with Crippen LogP contribution in [0.1, 0.15) is 30.1 Å². The molecule has 2 heterocycles. The van der Waals surface area contributed by atoms with Gasteiger partial charge in [0.25, 0.3) is 0 Å². The Balaban J connectivity index is 1.97. The Kier molecular flexibility index (Phi) is 3.08. The normalized spacial score (nSPS) is 22.9. The first kappa shape index (κ1) is 13.5. The summed E-state index contributed by atoms with van der Waals surface area (Å²) in [7, 11) is 0. The standard InChI is InChI=1S/C13H11ClF3N3/c1-6-2-3-9-10(19-12(14)20-11(9)18-6)7-4-8(5-7)13(15,16)17/h2-3,7-8H,4-5H2,1H3. The smallest absolute Gasteiger partial charge is 0.233 e. The molecule has 0 unspecified atom stereocenters. The van der Waals surface area contributed by atoms with E-state index in [9.17, 15) is 13.2 Å². The molecule has 0 N–H and O–H groups in total. The van der Waals surface area contributed by atoms with Crippen molar-refractivity contribution in [1.82, 2.24) is 15.0 Å². The molecule has 1 aliphatic rings. The van der Waals surface area contributed by atoms with Crippen molar-refractivity contribution in [1.29, 1.82) is 0 Å². The molecule has 1 fully saturated rings. The van der Waals surface area contributed by atoms with Crippen molar-refractivity contribution in [2.45, 2.75) is 31.9 Å². The summed E-state index contributed by atoms with van der Waals surface area (Å²) in [4.78, 5) is 12.4. The van der Waals surface area contributed by atoms with E-state index in [-0.39, 0.29) is 24.0 Å². The second-order valence-corrected chi connectivity index (χ2v) is 5.45. The molecule has 2 aromatic rings. The van der Waals surface area contributed by atoms with Gasteiger partial charge in [0.05, 0.1) is 11.6 Å². The Labute approximate surface area is 118 Å². The molecule has 0 spiro atoms. The fourth-order valence-corrected chi connectivity index (χ4v) is 2.69. The molecule has 1 aliphatic carbocycles. The summed E-state index contributed by atoms with van der Waals surface area (Å²) < 4.78 is 37.7. The quantitative estimate of drug-likeness (QED) is 0.746. The van der Waals surface area contributed by atoms with Gasteiger partial charge in [-0.3, -0.25) is 0 Å². The SMILES string of the molecule is Cc1ccc2c(C3CC(C(F)(F)F)C3)nc(Cl)nc2n1. The van der Waals surface area contributed by atoms with Gasteiger partial charge in [0, 0.05) is 17.0 Å². The highest BCUT2D eigenvalue weighted by Gasteiger charge is 2.49. The highest BCUT2D eigenvalue weighted by Crippen LogP contribution is 2.50. The van der Waals surface area contributed by atoms with Crippen LogP contribution in [0, 0.1) is 12.8 Å². The average Bonchev–Trinajstić information content (AvgIpc) is 2.23. The molecule has 0 aliphatic heterocycles. The third kappa shape index (κ3) is 2.32. The minimum atomic E-state index is -4.13. The molecular weight excluding hydrogens is 291 g/mol. The minimum Gasteiger partial charge on any atom is -0.233 e. The van der Waals surface area contributed by atoms with Gasteiger partial charge in [-0.05, 0) is 43.5 Å². The topological polar surface area (TPSA) is 38.7 Å². The first-order valence-electron chi connectivity index (χ1n) is 6.22. The van der Waals surface area contributed by atoms with Crippen molar-refractivity contribution < 1.29 is 13.2 Å². The number of hydrogen-bond acceptors (Lipinski definition) is 3. The van der Waals surface area contributed by atoms with Gasteiger partial charge >= 0.3 is 6.18 Å². The van der Waals surface area contributed by atoms with Crippen molar-refractivity contribution in [3.05, 3.63) is 28.8 Å². The van der Waals surface area contributed by atoms with Crippen LogP contribution in [0.25, 0.3) is 11.0 Å². The number of nitrogens with zero attached hydrogens (tertiary/aromatic N) is 3. The van der Waals surface area contributed by atoms with Crippen LogP contribution in [0.15, 0.2) is 12.1 Å². The van der Waals surface area contributed by atoms with Gasteiger partial charge in [0.15, 0.2) is 5.65 Å². The van der Waals surface area contributed by atoms with Gasteiger partial charge in [0.1, 0.15) is 0 Å². The van der Waals surface area contributed by atoms with E-state index in [2.05, 4.69) is 15.0 Å². The van der Waals surface area contributed by atoms with Crippen LogP contribution in [-0.2, 0) is 0 Å². The fourth-order valence-electron chi connectivity index (χ4n) is 2.52. The highest BCUT2D eigenvalue weighted by molar-refractivity contribution is 6.28. The zero-order valence-electron chi connectivity index (χ0n) is 10.6. The van der Waals surface area contributed by atoms with Crippen LogP contribution in [0.3, 0.4) is 0 Å². The first-order chi connectivity index (χ1) is 9.34. The summed E-state index contributed by atoms with van der Waals surface area (Å²) in [6.45, 7) is 1.82. The average molecular weight is 302 g/mol. The molecule has 0 radical (unpaired) electrons. The number of rotatable bonds is 1. The number of pyridine rings is 1. The fraction of sp³-hybridized carbons (Fsp3) is 0.462. The minimum absolute atomic E-state index is 0.0288. The molecule has 0 amide bonds. The largest absolute Gasteiger partial charge is 0.391 e. The Hall–Kier alpha value is -1.43. The van der Waals surface area contributed by atoms with Crippen LogP contribution >= 0.6 is 11.6 Å². The summed E-state index contributed by atoms with van der Waals surface area (Å²) in [5.41, 5.74) is 1.79. The number of aryl methyl sites for hydroxylation is 1. The number of aromatic nitrogens is 3. The van der Waals surface area contributed by atoms with Crippen LogP contribution in [0.2, 0.25) is 5.28 Å². The predicted molar refractivity (Wildman–Crippen MR) is 68.6 cm³/mol. The Morgan fingerprint density at radius 1 is 1.15 bits per heavy atom. The lowest BCUT2D eigenvalue weighted by atomic mass is 9.72. The number of alkyl halides is 3. The van der Waals surface area contributed by atoms with E-state index in [4.69, 9.17) is 11.6 Å². The molecule has 3 nitrogen and oxygen atoms in total. The molecule has 0 saturated heterocycles. The van der Waals surface area contributed by atoms with Gasteiger partial charge in [-0.2, -0.15) is 18.2 Å². The molecule has 0 atom stereocenters. The van der Waals surface area contributed by atoms with Crippen LogP contribution in [0.4, 0.5) is 13.2 Å². The molecule has 3 rings (SSSR count). The molecule has 0 aromatic carbocycles. The number of fused-ring (bicyclic) bond motifs is 1. The van der Waals surface area contributed by atoms with E-state index in [0.717, 1.165) is 5.69 Å². The van der Waals surface area contributed by atoms with E-state index in [0.29, 0.717) is 16.7 Å². The van der Waals surface area contributed by atoms with Crippen LogP contribution < -0.4 is 0 Å². The molecule has 106 valence electrons. The third-order valence-corrected chi connectivity index (χ3v) is 3.86. The zero-order valence-corrected chi connectivity index (χ0v) is 11.3. The van der Waals surface area contributed by atoms with Crippen LogP contribution in [0.5, 0.6) is 0 Å². The van der Waals surface area contributed by atoms with Crippen molar-refractivity contribution in [3.63, 3.8) is 0 Å². The van der Waals surface area contributed by atoms with E-state index in [1.54, 1.807) is 12.1 Å². The van der Waals surface area contributed by atoms with Gasteiger partial charge in [-0.1, -0.05) is 0 Å². The predicted octanol–water partition coefficient (Wildman–Crippen LogP) is 4.04. The van der Waals surface area contributed by atoms with Gasteiger partial charge in [0.2, 0.25) is 5.28 Å². The number of halogens is 4. The van der Waals surface area contributed by atoms with Gasteiger partial charge in [-0.15, -0.1) is 0 Å². The second kappa shape index (κ2) is 4.55. The van der Waals surface area contributed by atoms with Crippen molar-refractivity contribution in [2.75, 3.05) is 0 Å². The molecule has 7 heteroatoms. The summed E-state index contributed by atoms with van der Waals surface area (Å²) in [6, 6.07) is 3.59. The highest BCUT2D eigenvalue weighted by atomic mass is 35.5. The third-order valence-electron chi connectivity index (χ3n) is 3.69. The number of hydrogen-bond donors (Lipinski definition) is 0. The summed E-state index contributed by atoms with van der Waals surface area (Å²) in [6.07, 6.45) is -4.02. The maximum atomic E-state index is 12.6. The molecular formula is C13H11ClF3N3. The van der Waals surface area contributed by atoms with E-state index < -0.39 is 12.1 Å². The lowest BCUT2D eigenvalue weighted by Crippen LogP contribution is -2.34. The second-order valence-electron chi connectivity index (χ2n) is 5.11. The summed E-state index contributed by atoms with van der Waals surface area (Å²) in [5, 5.41) is 0.715. The van der Waals surface area contributed by atoms with Gasteiger partial charge < -0.3 is 0 Å². The molecule has 1 saturated carbocycles. The molecule has 20 heavy (non-hydrogen) atoms. The van der Waals surface area contributed by atoms with Crippen molar-refractivity contribution in [3.8, 4) is 0 Å². The monoisotopic (exact) mass is 301 g/mol. The Bertz CT molecular complexity index is 660. The summed E-state index contributed by atoms with van der Waals surface area (Å²) >= 11 is 5.84. The van der Waals surface area contributed by atoms with E-state index in [1.807, 2.05) is 6.92 Å². The lowest BCUT2D eigenvalue weighted by Gasteiger charge is -2.36. The van der Waals surface area contributed by atoms with Crippen molar-refractivity contribution in [2.24, 2.45) is 5.92 Å².